The third-order valence-electron chi connectivity index (χ3n) is 2.74. The Balaban J connectivity index is 2.78. The highest BCUT2D eigenvalue weighted by Gasteiger charge is 2.23. The van der Waals surface area contributed by atoms with Gasteiger partial charge in [0.1, 0.15) is 0 Å². The van der Waals surface area contributed by atoms with Gasteiger partial charge in [-0.2, -0.15) is 5.26 Å². The predicted octanol–water partition coefficient (Wildman–Crippen LogP) is 2.12. The van der Waals surface area contributed by atoms with Gasteiger partial charge in [-0.15, -0.1) is 0 Å². The fourth-order valence-electron chi connectivity index (χ4n) is 1.87. The summed E-state index contributed by atoms with van der Waals surface area (Å²) in [6, 6.07) is 10.9. The van der Waals surface area contributed by atoms with Crippen LogP contribution in [0.5, 0.6) is 0 Å². The minimum absolute atomic E-state index is 0.278. The molecule has 0 heterocycles. The zero-order chi connectivity index (χ0) is 14.3. The molecule has 0 saturated heterocycles. The number of rotatable bonds is 6. The van der Waals surface area contributed by atoms with Crippen molar-refractivity contribution in [3.05, 3.63) is 35.9 Å². The maximum Gasteiger partial charge on any atom is 0.256 e. The maximum absolute atomic E-state index is 12.3. The Morgan fingerprint density at radius 2 is 2.00 bits per heavy atom. The molecule has 0 aliphatic rings. The van der Waals surface area contributed by atoms with Gasteiger partial charge in [-0.05, 0) is 11.5 Å². The zero-order valence-electron chi connectivity index (χ0n) is 11.4. The van der Waals surface area contributed by atoms with Crippen LogP contribution >= 0.6 is 0 Å². The maximum atomic E-state index is 12.3. The van der Waals surface area contributed by atoms with Crippen molar-refractivity contribution >= 4 is 5.91 Å². The van der Waals surface area contributed by atoms with Gasteiger partial charge < -0.3 is 10.0 Å². The summed E-state index contributed by atoms with van der Waals surface area (Å²) in [5, 5.41) is 18.7. The van der Waals surface area contributed by atoms with Gasteiger partial charge in [0, 0.05) is 13.1 Å². The van der Waals surface area contributed by atoms with Crippen LogP contribution in [0.2, 0.25) is 0 Å². The molecule has 1 atom stereocenters. The first-order valence-electron chi connectivity index (χ1n) is 6.45. The molecule has 1 N–H and O–H groups in total. The van der Waals surface area contributed by atoms with Gasteiger partial charge in [0.05, 0.1) is 12.5 Å². The second-order valence-corrected chi connectivity index (χ2v) is 4.90. The third-order valence-corrected chi connectivity index (χ3v) is 2.74. The molecule has 1 aromatic rings. The summed E-state index contributed by atoms with van der Waals surface area (Å²) in [5.74, 6) is -0.0410. The van der Waals surface area contributed by atoms with Crippen molar-refractivity contribution in [2.75, 3.05) is 13.1 Å². The van der Waals surface area contributed by atoms with Crippen LogP contribution in [0.25, 0.3) is 0 Å². The molecule has 0 fully saturated rings. The number of hydrogen-bond donors (Lipinski definition) is 1. The van der Waals surface area contributed by atoms with Gasteiger partial charge in [-0.1, -0.05) is 44.2 Å². The number of nitriles is 1. The van der Waals surface area contributed by atoms with Crippen molar-refractivity contribution in [1.29, 1.82) is 5.26 Å². The van der Waals surface area contributed by atoms with Crippen molar-refractivity contribution < 1.29 is 9.90 Å². The Labute approximate surface area is 114 Å². The number of aliphatic hydroxyl groups is 1. The highest BCUT2D eigenvalue weighted by atomic mass is 16.3. The van der Waals surface area contributed by atoms with E-state index in [1.807, 2.05) is 26.0 Å². The Morgan fingerprint density at radius 1 is 1.37 bits per heavy atom. The number of carbonyl (C=O) groups excluding carboxylic acids is 1. The summed E-state index contributed by atoms with van der Waals surface area (Å²) in [6.07, 6.45) is -0.876. The van der Waals surface area contributed by atoms with Gasteiger partial charge >= 0.3 is 0 Å². The minimum atomic E-state index is -1.15. The Hall–Kier alpha value is -1.86. The molecule has 4 nitrogen and oxygen atoms in total. The third kappa shape index (κ3) is 4.72. The number of hydrogen-bond acceptors (Lipinski definition) is 3. The second-order valence-electron chi connectivity index (χ2n) is 4.90. The minimum Gasteiger partial charge on any atom is -0.378 e. The summed E-state index contributed by atoms with van der Waals surface area (Å²) in [6.45, 7) is 4.91. The van der Waals surface area contributed by atoms with Crippen LogP contribution in [0, 0.1) is 17.2 Å². The first-order chi connectivity index (χ1) is 9.06. The van der Waals surface area contributed by atoms with Crippen LogP contribution in [0.4, 0.5) is 0 Å². The van der Waals surface area contributed by atoms with E-state index in [1.165, 1.54) is 0 Å². The SMILES string of the molecule is CC(C)CN(CCC#N)C(=O)C(O)c1ccccc1. The lowest BCUT2D eigenvalue weighted by Crippen LogP contribution is -2.38. The van der Waals surface area contributed by atoms with Gasteiger partial charge in [-0.3, -0.25) is 4.79 Å². The lowest BCUT2D eigenvalue weighted by atomic mass is 10.1. The summed E-state index contributed by atoms with van der Waals surface area (Å²) in [7, 11) is 0. The highest BCUT2D eigenvalue weighted by molar-refractivity contribution is 5.82. The van der Waals surface area contributed by atoms with Gasteiger partial charge in [-0.25, -0.2) is 0 Å². The normalized spacial score (nSPS) is 11.9. The van der Waals surface area contributed by atoms with E-state index in [-0.39, 0.29) is 12.3 Å². The number of carbonyl (C=O) groups is 1. The van der Waals surface area contributed by atoms with E-state index in [4.69, 9.17) is 5.26 Å². The molecule has 0 aliphatic heterocycles. The zero-order valence-corrected chi connectivity index (χ0v) is 11.4. The van der Waals surface area contributed by atoms with Crippen molar-refractivity contribution in [3.8, 4) is 6.07 Å². The largest absolute Gasteiger partial charge is 0.378 e. The average molecular weight is 260 g/mol. The van der Waals surface area contributed by atoms with Gasteiger partial charge in [0.2, 0.25) is 0 Å². The molecule has 19 heavy (non-hydrogen) atoms. The lowest BCUT2D eigenvalue weighted by Gasteiger charge is -2.26. The first-order valence-corrected chi connectivity index (χ1v) is 6.45. The number of aliphatic hydroxyl groups excluding tert-OH is 1. The molecule has 0 radical (unpaired) electrons. The average Bonchev–Trinajstić information content (AvgIpc) is 2.42. The molecule has 0 spiro atoms. The van der Waals surface area contributed by atoms with E-state index in [0.29, 0.717) is 24.6 Å². The van der Waals surface area contributed by atoms with Crippen LogP contribution in [0.1, 0.15) is 31.9 Å². The highest BCUT2D eigenvalue weighted by Crippen LogP contribution is 2.16. The van der Waals surface area contributed by atoms with Crippen LogP contribution in [-0.4, -0.2) is 29.0 Å². The van der Waals surface area contributed by atoms with E-state index >= 15 is 0 Å². The topological polar surface area (TPSA) is 64.3 Å². The monoisotopic (exact) mass is 260 g/mol. The molecule has 0 bridgehead atoms. The number of benzene rings is 1. The van der Waals surface area contributed by atoms with Crippen LogP contribution < -0.4 is 0 Å². The lowest BCUT2D eigenvalue weighted by molar-refractivity contribution is -0.141. The fourth-order valence-corrected chi connectivity index (χ4v) is 1.87. The van der Waals surface area contributed by atoms with E-state index in [0.717, 1.165) is 0 Å². The van der Waals surface area contributed by atoms with Gasteiger partial charge in [0.25, 0.3) is 5.91 Å². The van der Waals surface area contributed by atoms with Crippen molar-refractivity contribution in [1.82, 2.24) is 4.90 Å². The molecule has 1 unspecified atom stereocenters. The fraction of sp³-hybridized carbons (Fsp3) is 0.467. The number of nitrogens with zero attached hydrogens (tertiary/aromatic N) is 2. The Kier molecular flexibility index (Phi) is 6.04. The van der Waals surface area contributed by atoms with Crippen molar-refractivity contribution in [2.24, 2.45) is 5.92 Å². The van der Waals surface area contributed by atoms with E-state index < -0.39 is 6.10 Å². The molecule has 0 saturated carbocycles. The molecule has 102 valence electrons. The predicted molar refractivity (Wildman–Crippen MR) is 73.0 cm³/mol. The molecule has 0 aromatic heterocycles. The quantitative estimate of drug-likeness (QED) is 0.852. The van der Waals surface area contributed by atoms with E-state index in [2.05, 4.69) is 0 Å². The number of amides is 1. The molecule has 4 heteroatoms. The summed E-state index contributed by atoms with van der Waals surface area (Å²) < 4.78 is 0. The molecular formula is C15H20N2O2. The summed E-state index contributed by atoms with van der Waals surface area (Å²) in [4.78, 5) is 13.8. The summed E-state index contributed by atoms with van der Waals surface area (Å²) in [5.41, 5.74) is 0.582. The van der Waals surface area contributed by atoms with Crippen molar-refractivity contribution in [3.63, 3.8) is 0 Å². The molecule has 1 rings (SSSR count). The summed E-state index contributed by atoms with van der Waals surface area (Å²) >= 11 is 0. The second kappa shape index (κ2) is 7.55. The van der Waals surface area contributed by atoms with Crippen LogP contribution in [-0.2, 0) is 4.79 Å². The molecule has 1 amide bonds. The molecule has 1 aromatic carbocycles. The molecule has 0 aliphatic carbocycles. The van der Waals surface area contributed by atoms with Crippen LogP contribution in [0.3, 0.4) is 0 Å². The molecular weight excluding hydrogens is 240 g/mol. The smallest absolute Gasteiger partial charge is 0.256 e. The van der Waals surface area contributed by atoms with Crippen LogP contribution in [0.15, 0.2) is 30.3 Å². The Bertz CT molecular complexity index is 437. The standard InChI is InChI=1S/C15H20N2O2/c1-12(2)11-17(10-6-9-16)15(19)14(18)13-7-4-3-5-8-13/h3-5,7-8,12,14,18H,6,10-11H2,1-2H3. The van der Waals surface area contributed by atoms with E-state index in [1.54, 1.807) is 29.2 Å². The van der Waals surface area contributed by atoms with Crippen molar-refractivity contribution in [2.45, 2.75) is 26.4 Å². The first kappa shape index (κ1) is 15.2. The van der Waals surface area contributed by atoms with E-state index in [9.17, 15) is 9.90 Å². The Morgan fingerprint density at radius 3 is 2.53 bits per heavy atom. The van der Waals surface area contributed by atoms with Gasteiger partial charge in [0.15, 0.2) is 6.10 Å².